The lowest BCUT2D eigenvalue weighted by atomic mass is 9.87. The molecule has 1 saturated heterocycles. The molecule has 2 aromatic rings. The fraction of sp³-hybridized carbons (Fsp3) is 0.400. The summed E-state index contributed by atoms with van der Waals surface area (Å²) < 4.78 is 27.9. The van der Waals surface area contributed by atoms with Crippen molar-refractivity contribution in [3.8, 4) is 0 Å². The summed E-state index contributed by atoms with van der Waals surface area (Å²) in [6, 6.07) is 14.6. The zero-order valence-corrected chi connectivity index (χ0v) is 16.4. The third-order valence-electron chi connectivity index (χ3n) is 4.79. The highest BCUT2D eigenvalue weighted by Gasteiger charge is 2.36. The number of benzene rings is 2. The molecule has 1 aliphatic rings. The molecule has 0 unspecified atom stereocenters. The first-order chi connectivity index (χ1) is 11.7. The molecular formula is C20H24ClNO2S. The van der Waals surface area contributed by atoms with Crippen molar-refractivity contribution < 1.29 is 8.42 Å². The zero-order valence-electron chi connectivity index (χ0n) is 14.9. The van der Waals surface area contributed by atoms with Crippen LogP contribution in [0.25, 0.3) is 0 Å². The van der Waals surface area contributed by atoms with Crippen LogP contribution in [-0.4, -0.2) is 19.3 Å². The summed E-state index contributed by atoms with van der Waals surface area (Å²) in [5, 5.41) is 0.661. The molecular weight excluding hydrogens is 354 g/mol. The van der Waals surface area contributed by atoms with Crippen molar-refractivity contribution in [3.63, 3.8) is 0 Å². The highest BCUT2D eigenvalue weighted by atomic mass is 35.5. The highest BCUT2D eigenvalue weighted by Crippen LogP contribution is 2.37. The van der Waals surface area contributed by atoms with Crippen LogP contribution in [0.5, 0.6) is 0 Å². The van der Waals surface area contributed by atoms with Crippen molar-refractivity contribution in [2.24, 2.45) is 0 Å². The van der Waals surface area contributed by atoms with Gasteiger partial charge in [0.15, 0.2) is 0 Å². The van der Waals surface area contributed by atoms with Crippen molar-refractivity contribution in [3.05, 3.63) is 64.7 Å². The van der Waals surface area contributed by atoms with Gasteiger partial charge in [-0.05, 0) is 53.6 Å². The molecule has 0 aliphatic carbocycles. The molecule has 0 saturated carbocycles. The van der Waals surface area contributed by atoms with Crippen LogP contribution in [0.15, 0.2) is 53.4 Å². The summed E-state index contributed by atoms with van der Waals surface area (Å²) in [4.78, 5) is 0.362. The van der Waals surface area contributed by atoms with Crippen LogP contribution < -0.4 is 0 Å². The second-order valence-corrected chi connectivity index (χ2v) is 9.93. The van der Waals surface area contributed by atoms with Crippen LogP contribution in [0.1, 0.15) is 50.8 Å². The van der Waals surface area contributed by atoms with Crippen molar-refractivity contribution in [1.82, 2.24) is 4.31 Å². The van der Waals surface area contributed by atoms with E-state index in [9.17, 15) is 8.42 Å². The van der Waals surface area contributed by atoms with Gasteiger partial charge in [0.25, 0.3) is 0 Å². The first-order valence-electron chi connectivity index (χ1n) is 8.57. The maximum atomic E-state index is 13.1. The minimum Gasteiger partial charge on any atom is -0.207 e. The molecule has 1 heterocycles. The molecule has 1 aliphatic heterocycles. The molecule has 0 amide bonds. The Balaban J connectivity index is 1.92. The van der Waals surface area contributed by atoms with E-state index in [1.165, 1.54) is 0 Å². The quantitative estimate of drug-likeness (QED) is 0.740. The van der Waals surface area contributed by atoms with Gasteiger partial charge < -0.3 is 0 Å². The topological polar surface area (TPSA) is 37.4 Å². The Morgan fingerprint density at radius 1 is 1.00 bits per heavy atom. The number of nitrogens with zero attached hydrogens (tertiary/aromatic N) is 1. The lowest BCUT2D eigenvalue weighted by molar-refractivity contribution is 0.396. The van der Waals surface area contributed by atoms with Gasteiger partial charge in [0.05, 0.1) is 10.9 Å². The molecule has 5 heteroatoms. The van der Waals surface area contributed by atoms with E-state index in [1.54, 1.807) is 16.4 Å². The summed E-state index contributed by atoms with van der Waals surface area (Å²) in [6.07, 6.45) is 1.70. The van der Waals surface area contributed by atoms with E-state index >= 15 is 0 Å². The molecule has 1 fully saturated rings. The Bertz CT molecular complexity index is 837. The van der Waals surface area contributed by atoms with E-state index in [4.69, 9.17) is 11.6 Å². The molecule has 25 heavy (non-hydrogen) atoms. The highest BCUT2D eigenvalue weighted by molar-refractivity contribution is 7.89. The molecule has 0 bridgehead atoms. The predicted octanol–water partition coefficient (Wildman–Crippen LogP) is 5.16. The van der Waals surface area contributed by atoms with Gasteiger partial charge in [0, 0.05) is 11.6 Å². The van der Waals surface area contributed by atoms with Gasteiger partial charge in [-0.25, -0.2) is 8.42 Å². The minimum atomic E-state index is -3.51. The van der Waals surface area contributed by atoms with E-state index in [0.717, 1.165) is 24.0 Å². The van der Waals surface area contributed by atoms with Gasteiger partial charge in [-0.3, -0.25) is 0 Å². The molecule has 3 rings (SSSR count). The second-order valence-electron chi connectivity index (χ2n) is 7.60. The van der Waals surface area contributed by atoms with Crippen LogP contribution in [0.2, 0.25) is 5.02 Å². The van der Waals surface area contributed by atoms with Gasteiger partial charge in [0.2, 0.25) is 10.0 Å². The number of hydrogen-bond donors (Lipinski definition) is 0. The summed E-state index contributed by atoms with van der Waals surface area (Å²) in [5.74, 6) is 0. The molecule has 1 atom stereocenters. The fourth-order valence-corrected chi connectivity index (χ4v) is 5.12. The standard InChI is InChI=1S/C20H24ClNO2S/c1-20(2,3)16-8-12-18(13-9-16)25(23,24)22-14-4-5-19(22)15-6-10-17(21)11-7-15/h6-13,19H,4-5,14H2,1-3H3/t19-/m1/s1. The minimum absolute atomic E-state index is 0.00176. The Hall–Kier alpha value is -1.36. The fourth-order valence-electron chi connectivity index (χ4n) is 3.31. The number of halogens is 1. The average Bonchev–Trinajstić information content (AvgIpc) is 3.05. The predicted molar refractivity (Wildman–Crippen MR) is 102 cm³/mol. The second kappa shape index (κ2) is 6.75. The normalized spacial score (nSPS) is 19.3. The summed E-state index contributed by atoms with van der Waals surface area (Å²) >= 11 is 5.96. The number of sulfonamides is 1. The first kappa shape index (κ1) is 18.4. The van der Waals surface area contributed by atoms with Gasteiger partial charge in [0.1, 0.15) is 0 Å². The SMILES string of the molecule is CC(C)(C)c1ccc(S(=O)(=O)N2CCC[C@@H]2c2ccc(Cl)cc2)cc1. The van der Waals surface area contributed by atoms with Crippen LogP contribution in [0, 0.1) is 0 Å². The maximum absolute atomic E-state index is 13.1. The largest absolute Gasteiger partial charge is 0.243 e. The molecule has 3 nitrogen and oxygen atoms in total. The Morgan fingerprint density at radius 2 is 1.60 bits per heavy atom. The number of hydrogen-bond acceptors (Lipinski definition) is 2. The Labute approximate surface area is 155 Å². The molecule has 2 aromatic carbocycles. The van der Waals surface area contributed by atoms with Crippen LogP contribution >= 0.6 is 11.6 Å². The zero-order chi connectivity index (χ0) is 18.2. The van der Waals surface area contributed by atoms with Crippen molar-refractivity contribution in [2.75, 3.05) is 6.54 Å². The van der Waals surface area contributed by atoms with Crippen LogP contribution in [0.3, 0.4) is 0 Å². The molecule has 0 radical (unpaired) electrons. The van der Waals surface area contributed by atoms with Crippen molar-refractivity contribution in [2.45, 2.75) is 50.0 Å². The third kappa shape index (κ3) is 3.76. The van der Waals surface area contributed by atoms with E-state index < -0.39 is 10.0 Å². The lowest BCUT2D eigenvalue weighted by Gasteiger charge is -2.25. The Kier molecular flexibility index (Phi) is 4.97. The van der Waals surface area contributed by atoms with E-state index in [1.807, 2.05) is 36.4 Å². The van der Waals surface area contributed by atoms with Crippen molar-refractivity contribution >= 4 is 21.6 Å². The van der Waals surface area contributed by atoms with Gasteiger partial charge in [-0.1, -0.05) is 56.6 Å². The molecule has 0 N–H and O–H groups in total. The first-order valence-corrected chi connectivity index (χ1v) is 10.4. The molecule has 0 spiro atoms. The summed E-state index contributed by atoms with van der Waals surface area (Å²) in [5.41, 5.74) is 2.13. The lowest BCUT2D eigenvalue weighted by Crippen LogP contribution is -2.30. The monoisotopic (exact) mass is 377 g/mol. The average molecular weight is 378 g/mol. The maximum Gasteiger partial charge on any atom is 0.243 e. The number of rotatable bonds is 3. The summed E-state index contributed by atoms with van der Waals surface area (Å²) in [7, 11) is -3.51. The third-order valence-corrected chi connectivity index (χ3v) is 6.96. The van der Waals surface area contributed by atoms with Gasteiger partial charge >= 0.3 is 0 Å². The van der Waals surface area contributed by atoms with Crippen molar-refractivity contribution in [1.29, 1.82) is 0 Å². The van der Waals surface area contributed by atoms with E-state index in [2.05, 4.69) is 20.8 Å². The van der Waals surface area contributed by atoms with Gasteiger partial charge in [-0.15, -0.1) is 0 Å². The molecule has 0 aromatic heterocycles. The van der Waals surface area contributed by atoms with Crippen LogP contribution in [-0.2, 0) is 15.4 Å². The smallest absolute Gasteiger partial charge is 0.207 e. The van der Waals surface area contributed by atoms with Crippen LogP contribution in [0.4, 0.5) is 0 Å². The van der Waals surface area contributed by atoms with E-state index in [-0.39, 0.29) is 11.5 Å². The molecule has 134 valence electrons. The van der Waals surface area contributed by atoms with E-state index in [0.29, 0.717) is 16.5 Å². The van der Waals surface area contributed by atoms with Gasteiger partial charge in [-0.2, -0.15) is 4.31 Å². The Morgan fingerprint density at radius 3 is 2.16 bits per heavy atom. The summed E-state index contributed by atoms with van der Waals surface area (Å²) in [6.45, 7) is 6.91.